The molecule has 0 saturated carbocycles. The summed E-state index contributed by atoms with van der Waals surface area (Å²) in [7, 11) is 1.46. The van der Waals surface area contributed by atoms with E-state index in [1.54, 1.807) is 12.1 Å². The maximum absolute atomic E-state index is 11.9. The monoisotopic (exact) mass is 268 g/mol. The zero-order chi connectivity index (χ0) is 14.1. The van der Waals surface area contributed by atoms with E-state index in [0.717, 1.165) is 5.69 Å². The van der Waals surface area contributed by atoms with Gasteiger partial charge in [0, 0.05) is 29.2 Å². The van der Waals surface area contributed by atoms with Gasteiger partial charge in [-0.05, 0) is 30.3 Å². The number of nitrogens with zero attached hydrogens (tertiary/aromatic N) is 1. The number of fused-ring (bicyclic) bond motifs is 1. The quantitative estimate of drug-likeness (QED) is 0.512. The SMILES string of the molecule is CO/C=C1\C(=O)NC(=O)c2ccc(-n3cccc3)cc21. The lowest BCUT2D eigenvalue weighted by Crippen LogP contribution is -2.36. The number of hydrogen-bond donors (Lipinski definition) is 1. The van der Waals surface area contributed by atoms with Crippen molar-refractivity contribution < 1.29 is 14.3 Å². The minimum absolute atomic E-state index is 0.344. The summed E-state index contributed by atoms with van der Waals surface area (Å²) in [5.41, 5.74) is 2.25. The van der Waals surface area contributed by atoms with E-state index in [1.807, 2.05) is 35.2 Å². The first-order chi connectivity index (χ1) is 9.70. The molecule has 0 atom stereocenters. The number of nitrogens with one attached hydrogen (secondary N) is 1. The average molecular weight is 268 g/mol. The minimum Gasteiger partial charge on any atom is -0.504 e. The molecule has 1 aromatic heterocycles. The molecule has 0 bridgehead atoms. The van der Waals surface area contributed by atoms with Crippen molar-refractivity contribution in [3.8, 4) is 5.69 Å². The van der Waals surface area contributed by atoms with E-state index in [1.165, 1.54) is 13.4 Å². The number of hydrogen-bond acceptors (Lipinski definition) is 3. The number of methoxy groups -OCH3 is 1. The van der Waals surface area contributed by atoms with Crippen LogP contribution in [0.3, 0.4) is 0 Å². The summed E-state index contributed by atoms with van der Waals surface area (Å²) in [4.78, 5) is 23.7. The van der Waals surface area contributed by atoms with Crippen molar-refractivity contribution in [2.75, 3.05) is 7.11 Å². The van der Waals surface area contributed by atoms with Crippen LogP contribution in [0.4, 0.5) is 0 Å². The predicted molar refractivity (Wildman–Crippen MR) is 73.2 cm³/mol. The molecule has 2 heterocycles. The average Bonchev–Trinajstić information content (AvgIpc) is 2.97. The van der Waals surface area contributed by atoms with Crippen LogP contribution >= 0.6 is 0 Å². The molecule has 1 aromatic carbocycles. The summed E-state index contributed by atoms with van der Waals surface area (Å²) in [5, 5.41) is 2.29. The Hall–Kier alpha value is -2.82. The Balaban J connectivity index is 2.19. The smallest absolute Gasteiger partial charge is 0.261 e. The highest BCUT2D eigenvalue weighted by Gasteiger charge is 2.27. The lowest BCUT2D eigenvalue weighted by molar-refractivity contribution is -0.114. The molecule has 0 aliphatic carbocycles. The van der Waals surface area contributed by atoms with Gasteiger partial charge in [0.25, 0.3) is 11.8 Å². The maximum Gasteiger partial charge on any atom is 0.261 e. The number of rotatable bonds is 2. The first-order valence-corrected chi connectivity index (χ1v) is 6.07. The van der Waals surface area contributed by atoms with E-state index >= 15 is 0 Å². The van der Waals surface area contributed by atoms with Crippen LogP contribution < -0.4 is 5.32 Å². The van der Waals surface area contributed by atoms with Crippen molar-refractivity contribution in [1.29, 1.82) is 0 Å². The molecule has 0 fully saturated rings. The van der Waals surface area contributed by atoms with Crippen molar-refractivity contribution in [2.24, 2.45) is 0 Å². The molecule has 0 spiro atoms. The molecular weight excluding hydrogens is 256 g/mol. The second-order valence-corrected chi connectivity index (χ2v) is 4.37. The summed E-state index contributed by atoms with van der Waals surface area (Å²) in [6.07, 6.45) is 5.14. The highest BCUT2D eigenvalue weighted by molar-refractivity contribution is 6.30. The zero-order valence-electron chi connectivity index (χ0n) is 10.8. The van der Waals surface area contributed by atoms with Crippen LogP contribution in [0.2, 0.25) is 0 Å². The molecule has 5 heteroatoms. The largest absolute Gasteiger partial charge is 0.504 e. The maximum atomic E-state index is 11.9. The fraction of sp³-hybridized carbons (Fsp3) is 0.0667. The minimum atomic E-state index is -0.450. The number of aromatic nitrogens is 1. The fourth-order valence-corrected chi connectivity index (χ4v) is 2.22. The number of benzene rings is 1. The van der Waals surface area contributed by atoms with Gasteiger partial charge in [-0.15, -0.1) is 0 Å². The van der Waals surface area contributed by atoms with Gasteiger partial charge in [-0.2, -0.15) is 0 Å². The molecule has 5 nitrogen and oxygen atoms in total. The summed E-state index contributed by atoms with van der Waals surface area (Å²) in [6, 6.07) is 9.15. The van der Waals surface area contributed by atoms with Crippen molar-refractivity contribution >= 4 is 17.4 Å². The van der Waals surface area contributed by atoms with Gasteiger partial charge in [0.15, 0.2) is 0 Å². The Morgan fingerprint density at radius 1 is 1.10 bits per heavy atom. The van der Waals surface area contributed by atoms with Crippen molar-refractivity contribution in [1.82, 2.24) is 9.88 Å². The topological polar surface area (TPSA) is 60.3 Å². The van der Waals surface area contributed by atoms with Gasteiger partial charge < -0.3 is 9.30 Å². The molecule has 20 heavy (non-hydrogen) atoms. The van der Waals surface area contributed by atoms with Gasteiger partial charge in [0.1, 0.15) is 0 Å². The zero-order valence-corrected chi connectivity index (χ0v) is 10.8. The van der Waals surface area contributed by atoms with E-state index in [2.05, 4.69) is 5.32 Å². The van der Waals surface area contributed by atoms with E-state index in [0.29, 0.717) is 16.7 Å². The molecule has 1 N–H and O–H groups in total. The third-order valence-electron chi connectivity index (χ3n) is 3.15. The lowest BCUT2D eigenvalue weighted by Gasteiger charge is -2.19. The second kappa shape index (κ2) is 4.70. The van der Waals surface area contributed by atoms with E-state index < -0.39 is 11.8 Å². The predicted octanol–water partition coefficient (Wildman–Crippen LogP) is 1.73. The Morgan fingerprint density at radius 2 is 1.85 bits per heavy atom. The fourth-order valence-electron chi connectivity index (χ4n) is 2.22. The molecule has 0 unspecified atom stereocenters. The highest BCUT2D eigenvalue weighted by Crippen LogP contribution is 2.26. The van der Waals surface area contributed by atoms with E-state index in [9.17, 15) is 9.59 Å². The van der Waals surface area contributed by atoms with Crippen LogP contribution in [0.1, 0.15) is 15.9 Å². The van der Waals surface area contributed by atoms with Gasteiger partial charge in [-0.3, -0.25) is 14.9 Å². The van der Waals surface area contributed by atoms with E-state index in [4.69, 9.17) is 4.74 Å². The normalized spacial score (nSPS) is 15.9. The Kier molecular flexibility index (Phi) is 2.87. The number of carbonyl (C=O) groups excluding carboxylic acids is 2. The molecule has 1 aliphatic heterocycles. The second-order valence-electron chi connectivity index (χ2n) is 4.37. The Bertz CT molecular complexity index is 715. The van der Waals surface area contributed by atoms with Crippen LogP contribution in [0.25, 0.3) is 11.3 Å². The number of ether oxygens (including phenoxy) is 1. The molecule has 2 aromatic rings. The Labute approximate surface area is 115 Å². The van der Waals surface area contributed by atoms with Crippen LogP contribution in [0, 0.1) is 0 Å². The van der Waals surface area contributed by atoms with Crippen molar-refractivity contribution in [3.63, 3.8) is 0 Å². The first-order valence-electron chi connectivity index (χ1n) is 6.07. The summed E-state index contributed by atoms with van der Waals surface area (Å²) in [5.74, 6) is -0.841. The van der Waals surface area contributed by atoms with E-state index in [-0.39, 0.29) is 0 Å². The number of amides is 2. The molecule has 0 radical (unpaired) electrons. The van der Waals surface area contributed by atoms with Crippen molar-refractivity contribution in [3.05, 3.63) is 60.1 Å². The van der Waals surface area contributed by atoms with Gasteiger partial charge in [0.2, 0.25) is 0 Å². The molecule has 100 valence electrons. The molecule has 3 rings (SSSR count). The summed E-state index contributed by atoms with van der Waals surface area (Å²) >= 11 is 0. The lowest BCUT2D eigenvalue weighted by atomic mass is 9.95. The summed E-state index contributed by atoms with van der Waals surface area (Å²) < 4.78 is 6.84. The van der Waals surface area contributed by atoms with Gasteiger partial charge >= 0.3 is 0 Å². The third kappa shape index (κ3) is 1.89. The van der Waals surface area contributed by atoms with Crippen LogP contribution in [-0.2, 0) is 9.53 Å². The molecule has 0 saturated heterocycles. The first kappa shape index (κ1) is 12.2. The standard InChI is InChI=1S/C15H12N2O3/c1-20-9-13-12-8-10(17-6-2-3-7-17)4-5-11(12)14(18)16-15(13)19/h2-9H,1H3,(H,16,18,19)/b13-9-. The third-order valence-corrected chi connectivity index (χ3v) is 3.15. The molecular formula is C15H12N2O3. The van der Waals surface area contributed by atoms with Crippen molar-refractivity contribution in [2.45, 2.75) is 0 Å². The number of carbonyl (C=O) groups is 2. The van der Waals surface area contributed by atoms with Crippen LogP contribution in [0.15, 0.2) is 49.0 Å². The summed E-state index contributed by atoms with van der Waals surface area (Å²) in [6.45, 7) is 0. The van der Waals surface area contributed by atoms with Gasteiger partial charge in [-0.25, -0.2) is 0 Å². The molecule has 2 amide bonds. The number of imide groups is 1. The van der Waals surface area contributed by atoms with Gasteiger partial charge in [-0.1, -0.05) is 0 Å². The van der Waals surface area contributed by atoms with Crippen LogP contribution in [0.5, 0.6) is 0 Å². The Morgan fingerprint density at radius 3 is 2.55 bits per heavy atom. The highest BCUT2D eigenvalue weighted by atomic mass is 16.5. The van der Waals surface area contributed by atoms with Crippen LogP contribution in [-0.4, -0.2) is 23.5 Å². The molecule has 1 aliphatic rings. The van der Waals surface area contributed by atoms with Gasteiger partial charge in [0.05, 0.1) is 18.9 Å².